The van der Waals surface area contributed by atoms with Crippen molar-refractivity contribution in [1.82, 2.24) is 10.6 Å². The zero-order chi connectivity index (χ0) is 9.53. The molecule has 0 saturated carbocycles. The summed E-state index contributed by atoms with van der Waals surface area (Å²) in [6.07, 6.45) is 0.900. The molecule has 2 bridgehead atoms. The molecule has 0 aromatic carbocycles. The number of hydrogen-bond acceptors (Lipinski definition) is 3. The molecule has 0 aliphatic carbocycles. The highest BCUT2D eigenvalue weighted by Crippen LogP contribution is 2.41. The van der Waals surface area contributed by atoms with Gasteiger partial charge in [0.15, 0.2) is 0 Å². The molecule has 2 fully saturated rings. The first-order valence-corrected chi connectivity index (χ1v) is 5.22. The number of fused-ring (bicyclic) bond motifs is 2. The largest absolute Gasteiger partial charge is 0.392 e. The lowest BCUT2D eigenvalue weighted by Crippen LogP contribution is -2.69. The van der Waals surface area contributed by atoms with E-state index in [1.165, 1.54) is 0 Å². The molecule has 0 aromatic heterocycles. The summed E-state index contributed by atoms with van der Waals surface area (Å²) in [5.74, 6) is 0. The van der Waals surface area contributed by atoms with Crippen LogP contribution < -0.4 is 10.6 Å². The molecule has 0 radical (unpaired) electrons. The summed E-state index contributed by atoms with van der Waals surface area (Å²) in [7, 11) is 0. The minimum absolute atomic E-state index is 0.0342. The molecular formula is C10H20N2O. The fourth-order valence-corrected chi connectivity index (χ4v) is 2.89. The number of aliphatic hydroxyl groups is 1. The van der Waals surface area contributed by atoms with Gasteiger partial charge < -0.3 is 15.7 Å². The molecule has 13 heavy (non-hydrogen) atoms. The number of nitrogens with one attached hydrogen (secondary N) is 2. The van der Waals surface area contributed by atoms with Crippen LogP contribution in [0.25, 0.3) is 0 Å². The van der Waals surface area contributed by atoms with E-state index in [1.54, 1.807) is 0 Å². The molecule has 76 valence electrons. The van der Waals surface area contributed by atoms with Crippen LogP contribution in [0.1, 0.15) is 20.3 Å². The van der Waals surface area contributed by atoms with Gasteiger partial charge in [-0.15, -0.1) is 0 Å². The van der Waals surface area contributed by atoms with Gasteiger partial charge in [0.2, 0.25) is 0 Å². The summed E-state index contributed by atoms with van der Waals surface area (Å²) in [6.45, 7) is 8.11. The van der Waals surface area contributed by atoms with Crippen LogP contribution in [0.4, 0.5) is 0 Å². The highest BCUT2D eigenvalue weighted by atomic mass is 16.3. The average Bonchev–Trinajstić information content (AvgIpc) is 2.09. The lowest BCUT2D eigenvalue weighted by molar-refractivity contribution is -0.112. The van der Waals surface area contributed by atoms with Crippen molar-refractivity contribution >= 4 is 0 Å². The van der Waals surface area contributed by atoms with Crippen molar-refractivity contribution in [2.45, 2.75) is 26.4 Å². The molecule has 3 nitrogen and oxygen atoms in total. The van der Waals surface area contributed by atoms with Crippen molar-refractivity contribution in [2.24, 2.45) is 10.8 Å². The molecule has 0 aromatic rings. The standard InChI is InChI=1S/C10H20N2O/c1-3-10-6-11-4-9(2,8(10)13)5-12-7-10/h8,11-13H,3-7H2,1-2H3/t8-,9?,10?/m0/s1. The monoisotopic (exact) mass is 184 g/mol. The second-order valence-electron chi connectivity index (χ2n) is 4.98. The van der Waals surface area contributed by atoms with E-state index in [4.69, 9.17) is 0 Å². The average molecular weight is 184 g/mol. The van der Waals surface area contributed by atoms with Gasteiger partial charge in [-0.25, -0.2) is 0 Å². The second-order valence-corrected chi connectivity index (χ2v) is 4.98. The second kappa shape index (κ2) is 2.94. The molecule has 0 amide bonds. The van der Waals surface area contributed by atoms with Crippen LogP contribution in [0, 0.1) is 10.8 Å². The van der Waals surface area contributed by atoms with E-state index in [9.17, 15) is 5.11 Å². The summed E-state index contributed by atoms with van der Waals surface area (Å²) >= 11 is 0. The van der Waals surface area contributed by atoms with Crippen molar-refractivity contribution in [1.29, 1.82) is 0 Å². The van der Waals surface area contributed by atoms with Gasteiger partial charge in [-0.3, -0.25) is 0 Å². The van der Waals surface area contributed by atoms with E-state index in [2.05, 4.69) is 24.5 Å². The molecule has 3 heteroatoms. The number of aliphatic hydroxyl groups excluding tert-OH is 1. The van der Waals surface area contributed by atoms with Gasteiger partial charge in [-0.1, -0.05) is 13.8 Å². The lowest BCUT2D eigenvalue weighted by Gasteiger charge is -2.55. The van der Waals surface area contributed by atoms with Crippen molar-refractivity contribution in [3.63, 3.8) is 0 Å². The Balaban J connectivity index is 2.27. The zero-order valence-corrected chi connectivity index (χ0v) is 8.56. The molecule has 2 aliphatic heterocycles. The van der Waals surface area contributed by atoms with Crippen LogP contribution in [0.15, 0.2) is 0 Å². The fourth-order valence-electron chi connectivity index (χ4n) is 2.89. The topological polar surface area (TPSA) is 44.3 Å². The Morgan fingerprint density at radius 2 is 1.77 bits per heavy atom. The van der Waals surface area contributed by atoms with Crippen LogP contribution >= 0.6 is 0 Å². The number of hydrogen-bond donors (Lipinski definition) is 3. The van der Waals surface area contributed by atoms with E-state index < -0.39 is 0 Å². The van der Waals surface area contributed by atoms with Gasteiger partial charge >= 0.3 is 0 Å². The third-order valence-electron chi connectivity index (χ3n) is 3.96. The van der Waals surface area contributed by atoms with Gasteiger partial charge in [0.05, 0.1) is 6.10 Å². The fraction of sp³-hybridized carbons (Fsp3) is 1.00. The maximum Gasteiger partial charge on any atom is 0.0698 e. The predicted octanol–water partition coefficient (Wildman–Crippen LogP) is -0.0436. The minimum Gasteiger partial charge on any atom is -0.392 e. The van der Waals surface area contributed by atoms with Crippen molar-refractivity contribution < 1.29 is 5.11 Å². The van der Waals surface area contributed by atoms with E-state index in [1.807, 2.05) is 0 Å². The molecule has 3 N–H and O–H groups in total. The Morgan fingerprint density at radius 1 is 1.23 bits per heavy atom. The molecule has 2 heterocycles. The smallest absolute Gasteiger partial charge is 0.0698 e. The lowest BCUT2D eigenvalue weighted by atomic mass is 9.62. The van der Waals surface area contributed by atoms with Gasteiger partial charge in [0.1, 0.15) is 0 Å². The summed E-state index contributed by atoms with van der Waals surface area (Å²) < 4.78 is 0. The van der Waals surface area contributed by atoms with Gasteiger partial charge in [0, 0.05) is 37.0 Å². The summed E-state index contributed by atoms with van der Waals surface area (Å²) in [5.41, 5.74) is 0.109. The van der Waals surface area contributed by atoms with Gasteiger partial charge in [-0.2, -0.15) is 0 Å². The molecule has 0 unspecified atom stereocenters. The summed E-state index contributed by atoms with van der Waals surface area (Å²) in [5, 5.41) is 17.2. The first kappa shape index (κ1) is 9.44. The van der Waals surface area contributed by atoms with Crippen LogP contribution in [-0.4, -0.2) is 37.4 Å². The maximum absolute atomic E-state index is 10.3. The number of piperidine rings is 2. The van der Waals surface area contributed by atoms with Crippen LogP contribution in [0.5, 0.6) is 0 Å². The van der Waals surface area contributed by atoms with E-state index in [0.29, 0.717) is 0 Å². The minimum atomic E-state index is -0.146. The Bertz CT molecular complexity index is 195. The van der Waals surface area contributed by atoms with Crippen molar-refractivity contribution in [3.8, 4) is 0 Å². The Kier molecular flexibility index (Phi) is 2.13. The third kappa shape index (κ3) is 1.22. The SMILES string of the molecule is CCC12CNCC(C)(CNC1)[C@@H]2O. The van der Waals surface area contributed by atoms with Gasteiger partial charge in [-0.05, 0) is 6.42 Å². The van der Waals surface area contributed by atoms with E-state index in [-0.39, 0.29) is 16.9 Å². The molecular weight excluding hydrogens is 164 g/mol. The Morgan fingerprint density at radius 3 is 2.15 bits per heavy atom. The molecule has 2 saturated heterocycles. The quantitative estimate of drug-likeness (QED) is 0.535. The van der Waals surface area contributed by atoms with Crippen LogP contribution in [-0.2, 0) is 0 Å². The Hall–Kier alpha value is -0.120. The Labute approximate surface area is 79.9 Å². The molecule has 0 spiro atoms. The zero-order valence-electron chi connectivity index (χ0n) is 8.56. The van der Waals surface area contributed by atoms with Gasteiger partial charge in [0.25, 0.3) is 0 Å². The summed E-state index contributed by atoms with van der Waals surface area (Å²) in [4.78, 5) is 0. The first-order chi connectivity index (χ1) is 6.13. The first-order valence-electron chi connectivity index (χ1n) is 5.22. The van der Waals surface area contributed by atoms with Crippen molar-refractivity contribution in [2.75, 3.05) is 26.2 Å². The van der Waals surface area contributed by atoms with E-state index >= 15 is 0 Å². The maximum atomic E-state index is 10.3. The normalized spacial score (nSPS) is 50.5. The number of rotatable bonds is 1. The highest BCUT2D eigenvalue weighted by Gasteiger charge is 2.52. The third-order valence-corrected chi connectivity index (χ3v) is 3.96. The molecule has 1 atom stereocenters. The van der Waals surface area contributed by atoms with E-state index in [0.717, 1.165) is 32.6 Å². The molecule has 2 aliphatic rings. The molecule has 2 rings (SSSR count). The summed E-state index contributed by atoms with van der Waals surface area (Å²) in [6, 6.07) is 0. The highest BCUT2D eigenvalue weighted by molar-refractivity contribution is 5.07. The van der Waals surface area contributed by atoms with Crippen molar-refractivity contribution in [3.05, 3.63) is 0 Å². The predicted molar refractivity (Wildman–Crippen MR) is 52.6 cm³/mol. The van der Waals surface area contributed by atoms with Crippen LogP contribution in [0.2, 0.25) is 0 Å². The van der Waals surface area contributed by atoms with Crippen LogP contribution in [0.3, 0.4) is 0 Å².